The van der Waals surface area contributed by atoms with E-state index in [1.54, 1.807) is 0 Å². The van der Waals surface area contributed by atoms with Gasteiger partial charge in [-0.3, -0.25) is 4.79 Å². The molecular formula is C17H25NO3. The van der Waals surface area contributed by atoms with Crippen molar-refractivity contribution in [1.82, 2.24) is 5.32 Å². The third kappa shape index (κ3) is 6.43. The van der Waals surface area contributed by atoms with E-state index < -0.39 is 12.0 Å². The summed E-state index contributed by atoms with van der Waals surface area (Å²) in [6, 6.07) is 6.81. The Bertz CT molecular complexity index is 503. The van der Waals surface area contributed by atoms with Gasteiger partial charge in [0.25, 0.3) is 0 Å². The maximum Gasteiger partial charge on any atom is 0.326 e. The van der Waals surface area contributed by atoms with Crippen molar-refractivity contribution in [2.75, 3.05) is 0 Å². The van der Waals surface area contributed by atoms with Gasteiger partial charge < -0.3 is 10.4 Å². The zero-order valence-electron chi connectivity index (χ0n) is 13.3. The van der Waals surface area contributed by atoms with Gasteiger partial charge >= 0.3 is 5.97 Å². The Hall–Kier alpha value is -1.84. The van der Waals surface area contributed by atoms with Gasteiger partial charge in [0, 0.05) is 0 Å². The van der Waals surface area contributed by atoms with Crippen LogP contribution >= 0.6 is 0 Å². The maximum atomic E-state index is 12.0. The van der Waals surface area contributed by atoms with Crippen LogP contribution < -0.4 is 5.32 Å². The van der Waals surface area contributed by atoms with E-state index in [1.807, 2.05) is 31.2 Å². The van der Waals surface area contributed by atoms with Crippen LogP contribution in [0.15, 0.2) is 24.3 Å². The minimum Gasteiger partial charge on any atom is -0.480 e. The third-order valence-corrected chi connectivity index (χ3v) is 3.43. The van der Waals surface area contributed by atoms with E-state index in [9.17, 15) is 14.7 Å². The van der Waals surface area contributed by atoms with E-state index >= 15 is 0 Å². The topological polar surface area (TPSA) is 66.4 Å². The van der Waals surface area contributed by atoms with E-state index in [2.05, 4.69) is 26.1 Å². The van der Waals surface area contributed by atoms with Crippen LogP contribution in [0.3, 0.4) is 0 Å². The number of carboxylic acids is 1. The molecule has 1 aromatic rings. The number of hydrogen-bond donors (Lipinski definition) is 2. The molecular weight excluding hydrogens is 266 g/mol. The van der Waals surface area contributed by atoms with E-state index in [-0.39, 0.29) is 17.7 Å². The number of amides is 1. The first-order valence-corrected chi connectivity index (χ1v) is 7.26. The van der Waals surface area contributed by atoms with Crippen molar-refractivity contribution < 1.29 is 14.7 Å². The molecule has 1 rings (SSSR count). The molecule has 0 aliphatic heterocycles. The van der Waals surface area contributed by atoms with Gasteiger partial charge in [-0.15, -0.1) is 0 Å². The Kier molecular flexibility index (Phi) is 5.94. The molecule has 21 heavy (non-hydrogen) atoms. The van der Waals surface area contributed by atoms with Crippen molar-refractivity contribution in [2.24, 2.45) is 5.41 Å². The lowest BCUT2D eigenvalue weighted by Gasteiger charge is -2.21. The molecule has 0 aromatic heterocycles. The predicted molar refractivity (Wildman–Crippen MR) is 83.1 cm³/mol. The lowest BCUT2D eigenvalue weighted by Crippen LogP contribution is -2.42. The zero-order chi connectivity index (χ0) is 16.0. The van der Waals surface area contributed by atoms with E-state index in [1.165, 1.54) is 0 Å². The Morgan fingerprint density at radius 3 is 2.38 bits per heavy atom. The van der Waals surface area contributed by atoms with Gasteiger partial charge in [0.2, 0.25) is 5.91 Å². The van der Waals surface area contributed by atoms with Gasteiger partial charge in [-0.2, -0.15) is 0 Å². The van der Waals surface area contributed by atoms with Crippen molar-refractivity contribution in [3.63, 3.8) is 0 Å². The Morgan fingerprint density at radius 1 is 1.24 bits per heavy atom. The van der Waals surface area contributed by atoms with Crippen molar-refractivity contribution in [3.8, 4) is 0 Å². The molecule has 0 bridgehead atoms. The number of nitrogens with one attached hydrogen (secondary N) is 1. The highest BCUT2D eigenvalue weighted by Gasteiger charge is 2.22. The second kappa shape index (κ2) is 7.25. The molecule has 0 radical (unpaired) electrons. The lowest BCUT2D eigenvalue weighted by atomic mass is 9.88. The Labute approximate surface area is 126 Å². The van der Waals surface area contributed by atoms with Crippen LogP contribution in [0.25, 0.3) is 0 Å². The zero-order valence-corrected chi connectivity index (χ0v) is 13.3. The van der Waals surface area contributed by atoms with Crippen LogP contribution in [0.4, 0.5) is 0 Å². The molecule has 1 atom stereocenters. The van der Waals surface area contributed by atoms with E-state index in [0.29, 0.717) is 6.42 Å². The number of rotatable bonds is 6. The molecule has 0 heterocycles. The molecule has 0 aliphatic carbocycles. The first-order valence-electron chi connectivity index (χ1n) is 7.26. The fourth-order valence-electron chi connectivity index (χ4n) is 2.06. The second-order valence-corrected chi connectivity index (χ2v) is 6.66. The normalized spacial score (nSPS) is 12.8. The molecule has 4 nitrogen and oxygen atoms in total. The predicted octanol–water partition coefficient (Wildman–Crippen LogP) is 2.93. The molecule has 1 unspecified atom stereocenters. The van der Waals surface area contributed by atoms with E-state index in [0.717, 1.165) is 17.5 Å². The summed E-state index contributed by atoms with van der Waals surface area (Å²) in [5.41, 5.74) is 2.01. The molecule has 1 aromatic carbocycles. The third-order valence-electron chi connectivity index (χ3n) is 3.43. The maximum absolute atomic E-state index is 12.0. The summed E-state index contributed by atoms with van der Waals surface area (Å²) in [5, 5.41) is 11.9. The van der Waals surface area contributed by atoms with Crippen molar-refractivity contribution in [2.45, 2.75) is 53.0 Å². The summed E-state index contributed by atoms with van der Waals surface area (Å²) in [6.45, 7) is 8.11. The summed E-state index contributed by atoms with van der Waals surface area (Å²) in [4.78, 5) is 23.3. The van der Waals surface area contributed by atoms with Crippen LogP contribution in [0.5, 0.6) is 0 Å². The van der Waals surface area contributed by atoms with Crippen LogP contribution in [-0.2, 0) is 16.0 Å². The number of aryl methyl sites for hydroxylation is 1. The van der Waals surface area contributed by atoms with Gasteiger partial charge in [0.15, 0.2) is 0 Å². The van der Waals surface area contributed by atoms with Crippen LogP contribution in [0.2, 0.25) is 0 Å². The van der Waals surface area contributed by atoms with Crippen molar-refractivity contribution in [1.29, 1.82) is 0 Å². The second-order valence-electron chi connectivity index (χ2n) is 6.66. The minimum absolute atomic E-state index is 0.0500. The lowest BCUT2D eigenvalue weighted by molar-refractivity contribution is -0.142. The number of hydrogen-bond acceptors (Lipinski definition) is 2. The van der Waals surface area contributed by atoms with Crippen molar-refractivity contribution in [3.05, 3.63) is 35.4 Å². The van der Waals surface area contributed by atoms with Gasteiger partial charge in [0.05, 0.1) is 6.42 Å². The molecule has 0 spiro atoms. The van der Waals surface area contributed by atoms with E-state index in [4.69, 9.17) is 0 Å². The summed E-state index contributed by atoms with van der Waals surface area (Å²) in [6.07, 6.45) is 1.40. The molecule has 1 amide bonds. The molecule has 0 saturated heterocycles. The first-order chi connectivity index (χ1) is 9.69. The standard InChI is InChI=1S/C17H25NO3/c1-12-7-5-6-8-13(12)11-15(19)18-14(16(20)21)9-10-17(2,3)4/h5-8,14H,9-11H2,1-4H3,(H,18,19)(H,20,21). The highest BCUT2D eigenvalue weighted by Crippen LogP contribution is 2.21. The molecule has 0 fully saturated rings. The minimum atomic E-state index is -0.975. The average molecular weight is 291 g/mol. The largest absolute Gasteiger partial charge is 0.480 e. The summed E-state index contributed by atoms with van der Waals surface area (Å²) in [5.74, 6) is -1.22. The fourth-order valence-corrected chi connectivity index (χ4v) is 2.06. The Morgan fingerprint density at radius 2 is 1.86 bits per heavy atom. The van der Waals surface area contributed by atoms with Gasteiger partial charge in [-0.05, 0) is 36.3 Å². The van der Waals surface area contributed by atoms with Crippen molar-refractivity contribution >= 4 is 11.9 Å². The summed E-state index contributed by atoms with van der Waals surface area (Å²) in [7, 11) is 0. The smallest absolute Gasteiger partial charge is 0.326 e. The first kappa shape index (κ1) is 17.2. The quantitative estimate of drug-likeness (QED) is 0.847. The van der Waals surface area contributed by atoms with Gasteiger partial charge in [-0.25, -0.2) is 4.79 Å². The number of carboxylic acid groups (broad SMARTS) is 1. The monoisotopic (exact) mass is 291 g/mol. The van der Waals surface area contributed by atoms with Gasteiger partial charge in [-0.1, -0.05) is 45.0 Å². The number of carbonyl (C=O) groups excluding carboxylic acids is 1. The molecule has 4 heteroatoms. The summed E-state index contributed by atoms with van der Waals surface area (Å²) >= 11 is 0. The highest BCUT2D eigenvalue weighted by atomic mass is 16.4. The average Bonchev–Trinajstić information content (AvgIpc) is 2.36. The summed E-state index contributed by atoms with van der Waals surface area (Å²) < 4.78 is 0. The van der Waals surface area contributed by atoms with Crippen LogP contribution in [0, 0.1) is 12.3 Å². The van der Waals surface area contributed by atoms with Crippen LogP contribution in [0.1, 0.15) is 44.7 Å². The molecule has 0 saturated carbocycles. The molecule has 116 valence electrons. The number of benzene rings is 1. The highest BCUT2D eigenvalue weighted by molar-refractivity contribution is 5.85. The Balaban J connectivity index is 2.61. The van der Waals surface area contributed by atoms with Gasteiger partial charge in [0.1, 0.15) is 6.04 Å². The SMILES string of the molecule is Cc1ccccc1CC(=O)NC(CCC(C)(C)C)C(=O)O. The number of carbonyl (C=O) groups is 2. The van der Waals surface area contributed by atoms with Crippen LogP contribution in [-0.4, -0.2) is 23.0 Å². The number of aliphatic carboxylic acids is 1. The fraction of sp³-hybridized carbons (Fsp3) is 0.529. The molecule has 0 aliphatic rings. The molecule has 2 N–H and O–H groups in total.